The highest BCUT2D eigenvalue weighted by Gasteiger charge is 2.28. The van der Waals surface area contributed by atoms with Gasteiger partial charge in [0.15, 0.2) is 0 Å². The van der Waals surface area contributed by atoms with Crippen LogP contribution >= 0.6 is 0 Å². The molecule has 212 valence electrons. The molecule has 3 N–H and O–H groups in total. The molecule has 11 nitrogen and oxygen atoms in total. The van der Waals surface area contributed by atoms with Crippen LogP contribution in [0.5, 0.6) is 0 Å². The average Bonchev–Trinajstić information content (AvgIpc) is 2.87. The summed E-state index contributed by atoms with van der Waals surface area (Å²) in [5.41, 5.74) is 10.5. The summed E-state index contributed by atoms with van der Waals surface area (Å²) in [5.74, 6) is 0.270. The van der Waals surface area contributed by atoms with Crippen molar-refractivity contribution in [3.63, 3.8) is 0 Å². The number of amides is 1. The average molecular weight is 541 g/mol. The molecule has 4 rings (SSSR count). The highest BCUT2D eigenvalue weighted by atomic mass is 16.6. The first-order valence-electron chi connectivity index (χ1n) is 13.3. The van der Waals surface area contributed by atoms with E-state index < -0.39 is 0 Å². The topological polar surface area (TPSA) is 148 Å². The number of aryl methyl sites for hydroxylation is 2. The summed E-state index contributed by atoms with van der Waals surface area (Å²) in [6.07, 6.45) is 3.80. The Morgan fingerprint density at radius 1 is 0.821 bits per heavy atom. The minimum atomic E-state index is -0.349. The molecule has 0 unspecified atom stereocenters. The largest absolute Gasteiger partial charge is 0.398 e. The number of rotatable bonds is 5. The van der Waals surface area contributed by atoms with Gasteiger partial charge in [0.05, 0.1) is 15.5 Å². The Hall–Kier alpha value is -3.57. The molecule has 0 atom stereocenters. The maximum atomic E-state index is 11.4. The fraction of sp³-hybridized carbons (Fsp3) is 0.536. The van der Waals surface area contributed by atoms with Crippen LogP contribution in [-0.4, -0.2) is 65.8 Å². The Labute approximate surface area is 229 Å². The molecule has 0 aliphatic carbocycles. The van der Waals surface area contributed by atoms with Crippen LogP contribution in [-0.2, 0) is 4.79 Å². The van der Waals surface area contributed by atoms with Gasteiger partial charge in [-0.15, -0.1) is 0 Å². The van der Waals surface area contributed by atoms with Crippen molar-refractivity contribution in [2.75, 3.05) is 51.3 Å². The van der Waals surface area contributed by atoms with Crippen LogP contribution < -0.4 is 11.1 Å². The Morgan fingerprint density at radius 2 is 1.23 bits per heavy atom. The molecule has 2 aromatic carbocycles. The molecule has 11 heteroatoms. The number of nitrogens with zero attached hydrogens (tertiary/aromatic N) is 4. The number of nitro groups is 2. The SMILES string of the molecule is CC(=O)Nc1cc([N+](=O)[O-])c(C2CCN(C)CC2)cc1C.Cc1cc(C2CCN(C)CC2)c([N+](=O)[O-])cc1N. The van der Waals surface area contributed by atoms with Crippen LogP contribution in [0.25, 0.3) is 0 Å². The number of nitrogen functional groups attached to an aromatic ring is 1. The van der Waals surface area contributed by atoms with E-state index in [4.69, 9.17) is 5.73 Å². The Kier molecular flexibility index (Phi) is 9.98. The Balaban J connectivity index is 0.000000218. The number of anilines is 2. The zero-order valence-electron chi connectivity index (χ0n) is 23.5. The minimum Gasteiger partial charge on any atom is -0.398 e. The second kappa shape index (κ2) is 13.0. The number of hydrogen-bond donors (Lipinski definition) is 2. The van der Waals surface area contributed by atoms with E-state index in [1.165, 1.54) is 19.1 Å². The molecule has 0 radical (unpaired) electrons. The maximum absolute atomic E-state index is 11.4. The summed E-state index contributed by atoms with van der Waals surface area (Å²) < 4.78 is 0. The van der Waals surface area contributed by atoms with E-state index in [1.54, 1.807) is 0 Å². The van der Waals surface area contributed by atoms with E-state index in [0.29, 0.717) is 11.4 Å². The predicted octanol–water partition coefficient (Wildman–Crippen LogP) is 4.97. The highest BCUT2D eigenvalue weighted by Crippen LogP contribution is 2.38. The molecule has 0 saturated carbocycles. The van der Waals surface area contributed by atoms with E-state index in [2.05, 4.69) is 29.2 Å². The predicted molar refractivity (Wildman–Crippen MR) is 153 cm³/mol. The number of hydrogen-bond acceptors (Lipinski definition) is 8. The van der Waals surface area contributed by atoms with Crippen molar-refractivity contribution in [3.8, 4) is 0 Å². The molecule has 2 aliphatic rings. The summed E-state index contributed by atoms with van der Waals surface area (Å²) in [6, 6.07) is 6.75. The van der Waals surface area contributed by atoms with Gasteiger partial charge in [-0.1, -0.05) is 0 Å². The standard InChI is InChI=1S/C15H21N3O3.C13H19N3O2/c1-10-8-13(12-4-6-17(3)7-5-12)15(18(20)21)9-14(10)16-11(2)19;1-9-7-11(10-3-5-15(2)6-4-10)13(16(17)18)8-12(9)14/h8-9,12H,4-7H2,1-3H3,(H,16,19);7-8,10H,3-6,14H2,1-2H3. The van der Waals surface area contributed by atoms with Crippen molar-refractivity contribution in [1.82, 2.24) is 9.80 Å². The zero-order chi connectivity index (χ0) is 28.9. The lowest BCUT2D eigenvalue weighted by Gasteiger charge is -2.29. The molecule has 1 amide bonds. The normalized spacial score (nSPS) is 17.3. The van der Waals surface area contributed by atoms with Crippen molar-refractivity contribution in [1.29, 1.82) is 0 Å². The third-order valence-electron chi connectivity index (χ3n) is 7.81. The number of nitrogens with one attached hydrogen (secondary N) is 1. The van der Waals surface area contributed by atoms with Gasteiger partial charge < -0.3 is 20.9 Å². The molecule has 0 spiro atoms. The lowest BCUT2D eigenvalue weighted by molar-refractivity contribution is -0.385. The Morgan fingerprint density at radius 3 is 1.64 bits per heavy atom. The van der Waals surface area contributed by atoms with Crippen LogP contribution in [0, 0.1) is 34.1 Å². The highest BCUT2D eigenvalue weighted by molar-refractivity contribution is 5.90. The quantitative estimate of drug-likeness (QED) is 0.307. The summed E-state index contributed by atoms with van der Waals surface area (Å²) in [5, 5.41) is 25.1. The number of carbonyl (C=O) groups is 1. The fourth-order valence-corrected chi connectivity index (χ4v) is 5.39. The molecule has 0 aromatic heterocycles. The van der Waals surface area contributed by atoms with Gasteiger partial charge in [0, 0.05) is 35.9 Å². The summed E-state index contributed by atoms with van der Waals surface area (Å²) in [7, 11) is 4.15. The lowest BCUT2D eigenvalue weighted by Crippen LogP contribution is -2.29. The minimum absolute atomic E-state index is 0.110. The van der Waals surface area contributed by atoms with Gasteiger partial charge in [0.2, 0.25) is 5.91 Å². The van der Waals surface area contributed by atoms with Crippen LogP contribution in [0.2, 0.25) is 0 Å². The van der Waals surface area contributed by atoms with Crippen molar-refractivity contribution in [3.05, 3.63) is 66.7 Å². The van der Waals surface area contributed by atoms with Gasteiger partial charge in [0.1, 0.15) is 0 Å². The summed E-state index contributed by atoms with van der Waals surface area (Å²) in [6.45, 7) is 9.06. The number of carbonyl (C=O) groups excluding carboxylic acids is 1. The van der Waals surface area contributed by atoms with E-state index in [-0.39, 0.29) is 39.0 Å². The Bertz CT molecular complexity index is 1220. The number of likely N-dealkylation sites (tertiary alicyclic amines) is 2. The first-order valence-corrected chi connectivity index (χ1v) is 13.3. The molecular weight excluding hydrogens is 500 g/mol. The molecule has 0 bridgehead atoms. The monoisotopic (exact) mass is 540 g/mol. The van der Waals surface area contributed by atoms with Crippen molar-refractivity contribution >= 4 is 28.7 Å². The number of piperidine rings is 2. The number of nitrogens with two attached hydrogens (primary N) is 1. The van der Waals surface area contributed by atoms with Gasteiger partial charge in [-0.2, -0.15) is 0 Å². The van der Waals surface area contributed by atoms with Crippen LogP contribution in [0.3, 0.4) is 0 Å². The second-order valence-electron chi connectivity index (χ2n) is 10.8. The maximum Gasteiger partial charge on any atom is 0.274 e. The fourth-order valence-electron chi connectivity index (χ4n) is 5.39. The van der Waals surface area contributed by atoms with Crippen LogP contribution in [0.15, 0.2) is 24.3 Å². The van der Waals surface area contributed by atoms with Gasteiger partial charge in [0.25, 0.3) is 11.4 Å². The van der Waals surface area contributed by atoms with Crippen LogP contribution in [0.4, 0.5) is 22.7 Å². The van der Waals surface area contributed by atoms with E-state index in [1.807, 2.05) is 26.0 Å². The van der Waals surface area contributed by atoms with Gasteiger partial charge in [-0.05, 0) is 115 Å². The van der Waals surface area contributed by atoms with Gasteiger partial charge in [-0.3, -0.25) is 25.0 Å². The summed E-state index contributed by atoms with van der Waals surface area (Å²) in [4.78, 5) is 37.5. The summed E-state index contributed by atoms with van der Waals surface area (Å²) >= 11 is 0. The van der Waals surface area contributed by atoms with Crippen molar-refractivity contribution in [2.24, 2.45) is 0 Å². The lowest BCUT2D eigenvalue weighted by atomic mass is 9.87. The second-order valence-corrected chi connectivity index (χ2v) is 10.8. The third kappa shape index (κ3) is 7.73. The molecule has 2 saturated heterocycles. The number of nitro benzene ring substituents is 2. The molecule has 39 heavy (non-hydrogen) atoms. The van der Waals surface area contributed by atoms with Crippen molar-refractivity contribution in [2.45, 2.75) is 58.3 Å². The number of benzene rings is 2. The molecule has 2 aromatic rings. The molecule has 2 fully saturated rings. The van der Waals surface area contributed by atoms with E-state index in [0.717, 1.165) is 74.1 Å². The van der Waals surface area contributed by atoms with Gasteiger partial charge >= 0.3 is 0 Å². The molecular formula is C28H40N6O5. The first kappa shape index (κ1) is 30.0. The first-order chi connectivity index (χ1) is 18.4. The van der Waals surface area contributed by atoms with E-state index >= 15 is 0 Å². The smallest absolute Gasteiger partial charge is 0.274 e. The molecule has 2 aliphatic heterocycles. The third-order valence-corrected chi connectivity index (χ3v) is 7.81. The van der Waals surface area contributed by atoms with Crippen molar-refractivity contribution < 1.29 is 14.6 Å². The zero-order valence-corrected chi connectivity index (χ0v) is 23.5. The van der Waals surface area contributed by atoms with Gasteiger partial charge in [-0.25, -0.2) is 0 Å². The molecule has 2 heterocycles. The van der Waals surface area contributed by atoms with Crippen LogP contribution in [0.1, 0.15) is 66.7 Å². The van der Waals surface area contributed by atoms with E-state index in [9.17, 15) is 25.0 Å².